The smallest absolute Gasteiger partial charge is 0.335 e. The van der Waals surface area contributed by atoms with E-state index >= 15 is 0 Å². The van der Waals surface area contributed by atoms with Crippen LogP contribution < -0.4 is 5.32 Å². The lowest BCUT2D eigenvalue weighted by Gasteiger charge is -2.30. The van der Waals surface area contributed by atoms with Crippen LogP contribution in [0.1, 0.15) is 35.7 Å². The van der Waals surface area contributed by atoms with E-state index in [0.29, 0.717) is 38.9 Å². The van der Waals surface area contributed by atoms with Crippen LogP contribution in [-0.4, -0.2) is 47.4 Å². The lowest BCUT2D eigenvalue weighted by Crippen LogP contribution is -2.42. The molecule has 124 valence electrons. The monoisotopic (exact) mass is 318 g/mol. The summed E-state index contributed by atoms with van der Waals surface area (Å²) in [5.41, 5.74) is 1.25. The number of carbonyl (C=O) groups excluding carboxylic acids is 2. The normalized spacial score (nSPS) is 15.3. The van der Waals surface area contributed by atoms with Gasteiger partial charge in [-0.3, -0.25) is 9.59 Å². The summed E-state index contributed by atoms with van der Waals surface area (Å²) in [6.45, 7) is 3.36. The van der Waals surface area contributed by atoms with Crippen molar-refractivity contribution in [1.29, 1.82) is 0 Å². The van der Waals surface area contributed by atoms with Crippen molar-refractivity contribution < 1.29 is 19.5 Å². The highest BCUT2D eigenvalue weighted by Gasteiger charge is 2.25. The van der Waals surface area contributed by atoms with E-state index < -0.39 is 5.97 Å². The lowest BCUT2D eigenvalue weighted by molar-refractivity contribution is -0.133. The van der Waals surface area contributed by atoms with E-state index in [9.17, 15) is 14.4 Å². The van der Waals surface area contributed by atoms with E-state index in [0.717, 1.165) is 5.56 Å². The third-order valence-corrected chi connectivity index (χ3v) is 4.22. The van der Waals surface area contributed by atoms with Crippen molar-refractivity contribution in [2.75, 3.05) is 19.6 Å². The Morgan fingerprint density at radius 2 is 1.78 bits per heavy atom. The number of rotatable bonds is 5. The number of likely N-dealkylation sites (tertiary alicyclic amines) is 1. The van der Waals surface area contributed by atoms with Gasteiger partial charge in [-0.05, 0) is 37.0 Å². The molecule has 0 spiro atoms. The van der Waals surface area contributed by atoms with Crippen LogP contribution >= 0.6 is 0 Å². The van der Waals surface area contributed by atoms with Gasteiger partial charge in [-0.15, -0.1) is 0 Å². The summed E-state index contributed by atoms with van der Waals surface area (Å²) >= 11 is 0. The van der Waals surface area contributed by atoms with Crippen molar-refractivity contribution >= 4 is 17.8 Å². The summed E-state index contributed by atoms with van der Waals surface area (Å²) in [5.74, 6) is -0.870. The third kappa shape index (κ3) is 4.81. The van der Waals surface area contributed by atoms with Gasteiger partial charge in [0.1, 0.15) is 0 Å². The van der Waals surface area contributed by atoms with Gasteiger partial charge in [0.25, 0.3) is 0 Å². The molecular weight excluding hydrogens is 296 g/mol. The zero-order valence-corrected chi connectivity index (χ0v) is 13.2. The number of carbonyl (C=O) groups is 3. The Kier molecular flexibility index (Phi) is 5.73. The fraction of sp³-hybridized carbons (Fsp3) is 0.471. The summed E-state index contributed by atoms with van der Waals surface area (Å²) in [5, 5.41) is 11.8. The minimum absolute atomic E-state index is 0.0278. The molecule has 1 aromatic carbocycles. The molecule has 1 aromatic rings. The number of amides is 2. The van der Waals surface area contributed by atoms with E-state index in [2.05, 4.69) is 5.32 Å². The van der Waals surface area contributed by atoms with Crippen LogP contribution in [0.15, 0.2) is 24.3 Å². The van der Waals surface area contributed by atoms with Gasteiger partial charge in [0.05, 0.1) is 5.56 Å². The number of nitrogens with zero attached hydrogens (tertiary/aromatic N) is 1. The molecule has 6 heteroatoms. The maximum atomic E-state index is 12.1. The molecule has 0 aliphatic carbocycles. The minimum Gasteiger partial charge on any atom is -0.478 e. The number of benzene rings is 1. The van der Waals surface area contributed by atoms with Gasteiger partial charge >= 0.3 is 5.97 Å². The summed E-state index contributed by atoms with van der Waals surface area (Å²) in [6, 6.07) is 6.66. The Bertz CT molecular complexity index is 575. The maximum absolute atomic E-state index is 12.1. The van der Waals surface area contributed by atoms with Crippen molar-refractivity contribution in [3.8, 4) is 0 Å². The predicted octanol–water partition coefficient (Wildman–Crippen LogP) is 1.30. The topological polar surface area (TPSA) is 86.7 Å². The zero-order chi connectivity index (χ0) is 16.8. The molecule has 0 radical (unpaired) electrons. The van der Waals surface area contributed by atoms with Gasteiger partial charge < -0.3 is 15.3 Å². The molecule has 0 bridgehead atoms. The molecule has 1 fully saturated rings. The molecule has 1 aliphatic rings. The van der Waals surface area contributed by atoms with Crippen molar-refractivity contribution in [1.82, 2.24) is 10.2 Å². The van der Waals surface area contributed by atoms with Gasteiger partial charge in [0.2, 0.25) is 11.8 Å². The SMILES string of the molecule is CC(=O)N1CCC(C(=O)NCCc2ccc(C(=O)O)cc2)CC1. The Balaban J connectivity index is 1.73. The van der Waals surface area contributed by atoms with E-state index in [1.54, 1.807) is 36.1 Å². The third-order valence-electron chi connectivity index (χ3n) is 4.22. The summed E-state index contributed by atoms with van der Waals surface area (Å²) in [6.07, 6.45) is 2.08. The number of hydrogen-bond acceptors (Lipinski definition) is 3. The van der Waals surface area contributed by atoms with Gasteiger partial charge in [-0.25, -0.2) is 4.79 Å². The first-order chi connectivity index (χ1) is 11.0. The fourth-order valence-electron chi connectivity index (χ4n) is 2.74. The standard InChI is InChI=1S/C17H22N2O4/c1-12(20)19-10-7-14(8-11-19)16(21)18-9-6-13-2-4-15(5-3-13)17(22)23/h2-5,14H,6-11H2,1H3,(H,18,21)(H,22,23). The molecule has 0 atom stereocenters. The molecule has 1 saturated heterocycles. The van der Waals surface area contributed by atoms with Crippen molar-refractivity contribution in [2.24, 2.45) is 5.92 Å². The van der Waals surface area contributed by atoms with Crippen LogP contribution in [0.3, 0.4) is 0 Å². The Morgan fingerprint density at radius 1 is 1.17 bits per heavy atom. The van der Waals surface area contributed by atoms with Crippen molar-refractivity contribution in [3.63, 3.8) is 0 Å². The van der Waals surface area contributed by atoms with Gasteiger partial charge in [-0.1, -0.05) is 12.1 Å². The molecule has 23 heavy (non-hydrogen) atoms. The molecule has 0 aromatic heterocycles. The number of hydrogen-bond donors (Lipinski definition) is 2. The first kappa shape index (κ1) is 17.0. The maximum Gasteiger partial charge on any atom is 0.335 e. The quantitative estimate of drug-likeness (QED) is 0.857. The largest absolute Gasteiger partial charge is 0.478 e. The summed E-state index contributed by atoms with van der Waals surface area (Å²) in [7, 11) is 0. The molecule has 2 amide bonds. The number of carboxylic acids is 1. The fourth-order valence-corrected chi connectivity index (χ4v) is 2.74. The first-order valence-electron chi connectivity index (χ1n) is 7.83. The molecule has 6 nitrogen and oxygen atoms in total. The Labute approximate surface area is 135 Å². The van der Waals surface area contributed by atoms with Crippen molar-refractivity contribution in [2.45, 2.75) is 26.2 Å². The molecule has 2 rings (SSSR count). The average Bonchev–Trinajstić information content (AvgIpc) is 2.55. The molecule has 0 saturated carbocycles. The highest BCUT2D eigenvalue weighted by Crippen LogP contribution is 2.17. The van der Waals surface area contributed by atoms with E-state index in [4.69, 9.17) is 5.11 Å². The molecule has 2 N–H and O–H groups in total. The minimum atomic E-state index is -0.943. The lowest BCUT2D eigenvalue weighted by atomic mass is 9.96. The second kappa shape index (κ2) is 7.76. The second-order valence-electron chi connectivity index (χ2n) is 5.82. The highest BCUT2D eigenvalue weighted by molar-refractivity contribution is 5.87. The van der Waals surface area contributed by atoms with Crippen LogP contribution in [0.4, 0.5) is 0 Å². The van der Waals surface area contributed by atoms with E-state index in [-0.39, 0.29) is 23.3 Å². The zero-order valence-electron chi connectivity index (χ0n) is 13.2. The Hall–Kier alpha value is -2.37. The van der Waals surface area contributed by atoms with Crippen LogP contribution in [0.25, 0.3) is 0 Å². The second-order valence-corrected chi connectivity index (χ2v) is 5.82. The van der Waals surface area contributed by atoms with Crippen LogP contribution in [0, 0.1) is 5.92 Å². The highest BCUT2D eigenvalue weighted by atomic mass is 16.4. The number of aromatic carboxylic acids is 1. The van der Waals surface area contributed by atoms with Crippen LogP contribution in [-0.2, 0) is 16.0 Å². The van der Waals surface area contributed by atoms with Gasteiger partial charge in [-0.2, -0.15) is 0 Å². The molecule has 0 unspecified atom stereocenters. The number of piperidine rings is 1. The Morgan fingerprint density at radius 3 is 2.30 bits per heavy atom. The van der Waals surface area contributed by atoms with Crippen LogP contribution in [0.2, 0.25) is 0 Å². The van der Waals surface area contributed by atoms with Crippen molar-refractivity contribution in [3.05, 3.63) is 35.4 Å². The molecule has 1 aliphatic heterocycles. The first-order valence-corrected chi connectivity index (χ1v) is 7.83. The van der Waals surface area contributed by atoms with Crippen LogP contribution in [0.5, 0.6) is 0 Å². The number of nitrogens with one attached hydrogen (secondary N) is 1. The predicted molar refractivity (Wildman–Crippen MR) is 85.1 cm³/mol. The summed E-state index contributed by atoms with van der Waals surface area (Å²) < 4.78 is 0. The van der Waals surface area contributed by atoms with E-state index in [1.165, 1.54) is 0 Å². The molecular formula is C17H22N2O4. The van der Waals surface area contributed by atoms with E-state index in [1.807, 2.05) is 0 Å². The summed E-state index contributed by atoms with van der Waals surface area (Å²) in [4.78, 5) is 35.9. The molecule has 1 heterocycles. The number of carboxylic acid groups (broad SMARTS) is 1. The average molecular weight is 318 g/mol. The van der Waals surface area contributed by atoms with Gasteiger partial charge in [0, 0.05) is 32.5 Å². The van der Waals surface area contributed by atoms with Gasteiger partial charge in [0.15, 0.2) is 0 Å².